The maximum atomic E-state index is 13.4. The highest BCUT2D eigenvalue weighted by molar-refractivity contribution is 9.10. The van der Waals surface area contributed by atoms with Gasteiger partial charge < -0.3 is 5.32 Å². The Hall–Kier alpha value is -1.38. The first kappa shape index (κ1) is 13.1. The molecule has 0 saturated carbocycles. The van der Waals surface area contributed by atoms with Crippen LogP contribution in [0, 0.1) is 24.1 Å². The molecule has 0 saturated heterocycles. The fourth-order valence-electron chi connectivity index (χ4n) is 1.57. The van der Waals surface area contributed by atoms with Crippen molar-refractivity contribution in [3.63, 3.8) is 0 Å². The van der Waals surface area contributed by atoms with Crippen molar-refractivity contribution in [2.75, 3.05) is 5.32 Å². The van der Waals surface area contributed by atoms with Crippen LogP contribution in [0.5, 0.6) is 0 Å². The summed E-state index contributed by atoms with van der Waals surface area (Å²) in [6, 6.07) is 8.48. The highest BCUT2D eigenvalue weighted by Crippen LogP contribution is 2.27. The van der Waals surface area contributed by atoms with E-state index in [0.29, 0.717) is 12.2 Å². The Balaban J connectivity index is 2.16. The van der Waals surface area contributed by atoms with Crippen molar-refractivity contribution in [3.05, 3.63) is 49.9 Å². The minimum absolute atomic E-state index is 0.0600. The molecule has 92 valence electrons. The monoisotopic (exact) mass is 324 g/mol. The van der Waals surface area contributed by atoms with Gasteiger partial charge in [-0.1, -0.05) is 6.07 Å². The number of nitriles is 1. The first-order chi connectivity index (χ1) is 8.61. The molecule has 1 heterocycles. The molecule has 0 aliphatic carbocycles. The highest BCUT2D eigenvalue weighted by Gasteiger charge is 2.08. The number of nitrogens with one attached hydrogen (secondary N) is 1. The van der Waals surface area contributed by atoms with E-state index < -0.39 is 5.82 Å². The van der Waals surface area contributed by atoms with Crippen LogP contribution in [0.3, 0.4) is 0 Å². The normalized spacial score (nSPS) is 10.1. The maximum absolute atomic E-state index is 13.4. The molecule has 0 aliphatic rings. The van der Waals surface area contributed by atoms with Crippen LogP contribution in [0.2, 0.25) is 0 Å². The van der Waals surface area contributed by atoms with Crippen molar-refractivity contribution in [3.8, 4) is 6.07 Å². The summed E-state index contributed by atoms with van der Waals surface area (Å²) >= 11 is 5.12. The fourth-order valence-corrected chi connectivity index (χ4v) is 3.11. The van der Waals surface area contributed by atoms with Crippen LogP contribution in [0.25, 0.3) is 0 Å². The molecule has 0 spiro atoms. The molecule has 1 aromatic heterocycles. The second kappa shape index (κ2) is 5.51. The summed E-state index contributed by atoms with van der Waals surface area (Å²) in [6.07, 6.45) is 0. The van der Waals surface area contributed by atoms with Crippen LogP contribution in [0.4, 0.5) is 10.1 Å². The molecule has 0 atom stereocenters. The molecule has 0 bridgehead atoms. The number of rotatable bonds is 3. The first-order valence-electron chi connectivity index (χ1n) is 5.29. The molecule has 0 amide bonds. The van der Waals surface area contributed by atoms with Gasteiger partial charge >= 0.3 is 0 Å². The van der Waals surface area contributed by atoms with E-state index in [1.54, 1.807) is 23.5 Å². The molecule has 18 heavy (non-hydrogen) atoms. The molecule has 0 fully saturated rings. The minimum Gasteiger partial charge on any atom is -0.379 e. The Morgan fingerprint density at radius 2 is 2.28 bits per heavy atom. The first-order valence-corrected chi connectivity index (χ1v) is 6.90. The van der Waals surface area contributed by atoms with Gasteiger partial charge in [0.2, 0.25) is 0 Å². The standard InChI is InChI=1S/C13H10BrFN2S/c1-8-11(14)5-9(18-8)7-17-13-4-2-3-12(15)10(13)6-16/h2-5,17H,7H2,1H3. The topological polar surface area (TPSA) is 35.8 Å². The van der Waals surface area contributed by atoms with Gasteiger partial charge in [0, 0.05) is 20.8 Å². The second-order valence-corrected chi connectivity index (χ2v) is 5.94. The van der Waals surface area contributed by atoms with Crippen molar-refractivity contribution in [2.45, 2.75) is 13.5 Å². The zero-order valence-corrected chi connectivity index (χ0v) is 12.0. The number of hydrogen-bond acceptors (Lipinski definition) is 3. The Labute approximate surface area is 117 Å². The molecule has 2 nitrogen and oxygen atoms in total. The molecule has 0 radical (unpaired) electrons. The van der Waals surface area contributed by atoms with E-state index in [1.807, 2.05) is 19.1 Å². The summed E-state index contributed by atoms with van der Waals surface area (Å²) in [5, 5.41) is 12.0. The summed E-state index contributed by atoms with van der Waals surface area (Å²) < 4.78 is 14.5. The molecule has 1 N–H and O–H groups in total. The van der Waals surface area contributed by atoms with Crippen molar-refractivity contribution >= 4 is 33.0 Å². The summed E-state index contributed by atoms with van der Waals surface area (Å²) in [5.41, 5.74) is 0.588. The van der Waals surface area contributed by atoms with Crippen LogP contribution >= 0.6 is 27.3 Å². The molecule has 5 heteroatoms. The SMILES string of the molecule is Cc1sc(CNc2cccc(F)c2C#N)cc1Br. The second-order valence-electron chi connectivity index (χ2n) is 3.74. The van der Waals surface area contributed by atoms with Crippen LogP contribution < -0.4 is 5.32 Å². The van der Waals surface area contributed by atoms with E-state index in [1.165, 1.54) is 10.9 Å². The Kier molecular flexibility index (Phi) is 4.00. The number of halogens is 2. The molecule has 2 rings (SSSR count). The Morgan fingerprint density at radius 3 is 2.89 bits per heavy atom. The van der Waals surface area contributed by atoms with Crippen molar-refractivity contribution in [1.82, 2.24) is 0 Å². The van der Waals surface area contributed by atoms with E-state index in [-0.39, 0.29) is 5.56 Å². The van der Waals surface area contributed by atoms with Crippen molar-refractivity contribution in [2.24, 2.45) is 0 Å². The van der Waals surface area contributed by atoms with E-state index in [9.17, 15) is 4.39 Å². The average molecular weight is 325 g/mol. The van der Waals surface area contributed by atoms with Gasteiger partial charge in [-0.2, -0.15) is 5.26 Å². The van der Waals surface area contributed by atoms with Gasteiger partial charge in [0.15, 0.2) is 0 Å². The molecule has 1 aromatic carbocycles. The summed E-state index contributed by atoms with van der Waals surface area (Å²) in [5.74, 6) is -0.494. The van der Waals surface area contributed by atoms with Crippen LogP contribution in [0.1, 0.15) is 15.3 Å². The quantitative estimate of drug-likeness (QED) is 0.905. The molecular weight excluding hydrogens is 315 g/mol. The lowest BCUT2D eigenvalue weighted by Gasteiger charge is -2.07. The van der Waals surface area contributed by atoms with E-state index >= 15 is 0 Å². The van der Waals surface area contributed by atoms with Crippen molar-refractivity contribution < 1.29 is 4.39 Å². The maximum Gasteiger partial charge on any atom is 0.143 e. The number of nitrogens with zero attached hydrogens (tertiary/aromatic N) is 1. The van der Waals surface area contributed by atoms with Gasteiger partial charge in [-0.05, 0) is 41.1 Å². The van der Waals surface area contributed by atoms with Gasteiger partial charge in [-0.3, -0.25) is 0 Å². The molecule has 0 aliphatic heterocycles. The molecule has 0 unspecified atom stereocenters. The van der Waals surface area contributed by atoms with Gasteiger partial charge in [0.25, 0.3) is 0 Å². The third-order valence-electron chi connectivity index (χ3n) is 2.49. The fraction of sp³-hybridized carbons (Fsp3) is 0.154. The number of aryl methyl sites for hydroxylation is 1. The number of thiophene rings is 1. The van der Waals surface area contributed by atoms with E-state index in [0.717, 1.165) is 9.35 Å². The van der Waals surface area contributed by atoms with Gasteiger partial charge in [-0.25, -0.2) is 4.39 Å². The summed E-state index contributed by atoms with van der Waals surface area (Å²) in [7, 11) is 0. The van der Waals surface area contributed by atoms with Crippen LogP contribution in [-0.4, -0.2) is 0 Å². The van der Waals surface area contributed by atoms with E-state index in [2.05, 4.69) is 21.2 Å². The number of anilines is 1. The lowest BCUT2D eigenvalue weighted by Crippen LogP contribution is -2.01. The Morgan fingerprint density at radius 1 is 1.50 bits per heavy atom. The zero-order valence-electron chi connectivity index (χ0n) is 9.63. The lowest BCUT2D eigenvalue weighted by molar-refractivity contribution is 0.624. The van der Waals surface area contributed by atoms with Crippen molar-refractivity contribution in [1.29, 1.82) is 5.26 Å². The summed E-state index contributed by atoms with van der Waals surface area (Å²) in [6.45, 7) is 2.61. The Bertz CT molecular complexity index is 596. The molecule has 2 aromatic rings. The number of benzene rings is 1. The summed E-state index contributed by atoms with van der Waals surface area (Å²) in [4.78, 5) is 2.33. The van der Waals surface area contributed by atoms with Gasteiger partial charge in [0.1, 0.15) is 17.4 Å². The van der Waals surface area contributed by atoms with Gasteiger partial charge in [0.05, 0.1) is 5.69 Å². The van der Waals surface area contributed by atoms with E-state index in [4.69, 9.17) is 5.26 Å². The predicted octanol–water partition coefficient (Wildman–Crippen LogP) is 4.44. The zero-order chi connectivity index (χ0) is 13.1. The lowest BCUT2D eigenvalue weighted by atomic mass is 10.2. The number of hydrogen-bond donors (Lipinski definition) is 1. The molecular formula is C13H10BrFN2S. The third-order valence-corrected chi connectivity index (χ3v) is 4.62. The van der Waals surface area contributed by atoms with Crippen LogP contribution in [0.15, 0.2) is 28.7 Å². The smallest absolute Gasteiger partial charge is 0.143 e. The third kappa shape index (κ3) is 2.71. The highest BCUT2D eigenvalue weighted by atomic mass is 79.9. The van der Waals surface area contributed by atoms with Crippen LogP contribution in [-0.2, 0) is 6.54 Å². The predicted molar refractivity (Wildman–Crippen MR) is 75.2 cm³/mol. The van der Waals surface area contributed by atoms with Gasteiger partial charge in [-0.15, -0.1) is 11.3 Å². The minimum atomic E-state index is -0.494. The largest absolute Gasteiger partial charge is 0.379 e. The average Bonchev–Trinajstić information content (AvgIpc) is 2.66.